The number of nitrogens with zero attached hydrogens (tertiary/aromatic N) is 1. The van der Waals surface area contributed by atoms with Gasteiger partial charge in [-0.05, 0) is 57.1 Å². The van der Waals surface area contributed by atoms with Gasteiger partial charge in [0, 0.05) is 6.54 Å². The summed E-state index contributed by atoms with van der Waals surface area (Å²) in [7, 11) is 0. The van der Waals surface area contributed by atoms with Gasteiger partial charge in [-0.2, -0.15) is 0 Å². The highest BCUT2D eigenvalue weighted by Gasteiger charge is 2.27. The molecule has 2 rings (SSSR count). The van der Waals surface area contributed by atoms with Crippen LogP contribution in [0, 0.1) is 25.7 Å². The number of guanidine groups is 1. The Kier molecular flexibility index (Phi) is 5.41. The highest BCUT2D eigenvalue weighted by molar-refractivity contribution is 5.76. The van der Waals surface area contributed by atoms with Gasteiger partial charge in [0.05, 0.1) is 5.92 Å². The number of hydrogen-bond acceptors (Lipinski definition) is 3. The van der Waals surface area contributed by atoms with Crippen LogP contribution in [-0.2, 0) is 4.79 Å². The molecule has 5 nitrogen and oxygen atoms in total. The molecule has 0 bridgehead atoms. The normalized spacial score (nSPS) is 21.2. The first-order chi connectivity index (χ1) is 10.5. The number of carbonyl (C=O) groups excluding carboxylic acids is 1. The monoisotopic (exact) mass is 303 g/mol. The van der Waals surface area contributed by atoms with E-state index in [2.05, 4.69) is 4.99 Å². The molecule has 1 fully saturated rings. The van der Waals surface area contributed by atoms with Gasteiger partial charge in [0.1, 0.15) is 5.75 Å². The molecule has 1 aromatic rings. The van der Waals surface area contributed by atoms with Crippen LogP contribution in [0.1, 0.15) is 36.8 Å². The molecule has 0 saturated heterocycles. The van der Waals surface area contributed by atoms with Gasteiger partial charge in [-0.1, -0.05) is 17.7 Å². The largest absolute Gasteiger partial charge is 0.426 e. The van der Waals surface area contributed by atoms with Gasteiger partial charge in [0.2, 0.25) is 0 Å². The second kappa shape index (κ2) is 7.29. The van der Waals surface area contributed by atoms with E-state index < -0.39 is 0 Å². The molecule has 5 heteroatoms. The van der Waals surface area contributed by atoms with Crippen LogP contribution in [-0.4, -0.2) is 18.5 Å². The molecule has 1 aliphatic rings. The van der Waals surface area contributed by atoms with Crippen molar-refractivity contribution in [3.8, 4) is 5.75 Å². The van der Waals surface area contributed by atoms with Crippen molar-refractivity contribution in [1.82, 2.24) is 0 Å². The minimum Gasteiger partial charge on any atom is -0.426 e. The highest BCUT2D eigenvalue weighted by atomic mass is 16.5. The second-order valence-corrected chi connectivity index (χ2v) is 6.17. The third kappa shape index (κ3) is 4.48. The van der Waals surface area contributed by atoms with Gasteiger partial charge < -0.3 is 16.2 Å². The van der Waals surface area contributed by atoms with Crippen LogP contribution in [0.4, 0.5) is 0 Å². The number of esters is 1. The SMILES string of the molecule is Cc1ccc(OC(=O)C2CCC(CN=C(N)N)CC2)c(C)c1. The molecular formula is C17H25N3O2. The number of aliphatic imine (C=N–C) groups is 1. The van der Waals surface area contributed by atoms with Gasteiger partial charge in [-0.3, -0.25) is 9.79 Å². The maximum absolute atomic E-state index is 12.3. The fourth-order valence-electron chi connectivity index (χ4n) is 2.92. The predicted molar refractivity (Wildman–Crippen MR) is 87.7 cm³/mol. The van der Waals surface area contributed by atoms with Crippen LogP contribution >= 0.6 is 0 Å². The Hall–Kier alpha value is -2.04. The number of rotatable bonds is 4. The van der Waals surface area contributed by atoms with Crippen LogP contribution in [0.15, 0.2) is 23.2 Å². The Labute approximate surface area is 131 Å². The summed E-state index contributed by atoms with van der Waals surface area (Å²) in [6.07, 6.45) is 3.61. The molecule has 0 aromatic heterocycles. The summed E-state index contributed by atoms with van der Waals surface area (Å²) in [5, 5.41) is 0. The number of benzene rings is 1. The Morgan fingerprint density at radius 1 is 1.23 bits per heavy atom. The number of aryl methyl sites for hydroxylation is 2. The standard InChI is InChI=1S/C17H25N3O2/c1-11-3-8-15(12(2)9-11)22-16(21)14-6-4-13(5-7-14)10-20-17(18)19/h3,8-9,13-14H,4-7,10H2,1-2H3,(H4,18,19,20). The average molecular weight is 303 g/mol. The van der Waals surface area contributed by atoms with Gasteiger partial charge in [-0.25, -0.2) is 0 Å². The van der Waals surface area contributed by atoms with Crippen molar-refractivity contribution in [2.24, 2.45) is 28.3 Å². The summed E-state index contributed by atoms with van der Waals surface area (Å²) < 4.78 is 5.57. The van der Waals surface area contributed by atoms with E-state index in [0.717, 1.165) is 36.8 Å². The van der Waals surface area contributed by atoms with Crippen molar-refractivity contribution in [1.29, 1.82) is 0 Å². The summed E-state index contributed by atoms with van der Waals surface area (Å²) in [6, 6.07) is 5.85. The van der Waals surface area contributed by atoms with Crippen LogP contribution in [0.25, 0.3) is 0 Å². The zero-order chi connectivity index (χ0) is 16.1. The lowest BCUT2D eigenvalue weighted by Crippen LogP contribution is -2.28. The van der Waals surface area contributed by atoms with E-state index in [1.54, 1.807) is 0 Å². The predicted octanol–water partition coefficient (Wildman–Crippen LogP) is 2.29. The van der Waals surface area contributed by atoms with Crippen LogP contribution in [0.3, 0.4) is 0 Å². The van der Waals surface area contributed by atoms with Crippen LogP contribution in [0.5, 0.6) is 5.75 Å². The second-order valence-electron chi connectivity index (χ2n) is 6.17. The maximum atomic E-state index is 12.3. The molecule has 1 aliphatic carbocycles. The molecule has 0 radical (unpaired) electrons. The lowest BCUT2D eigenvalue weighted by atomic mass is 9.82. The Balaban J connectivity index is 1.86. The molecule has 1 aromatic carbocycles. The molecule has 0 heterocycles. The van der Waals surface area contributed by atoms with Gasteiger partial charge in [0.15, 0.2) is 5.96 Å². The summed E-state index contributed by atoms with van der Waals surface area (Å²) >= 11 is 0. The van der Waals surface area contributed by atoms with Crippen molar-refractivity contribution in [2.45, 2.75) is 39.5 Å². The zero-order valence-corrected chi connectivity index (χ0v) is 13.3. The summed E-state index contributed by atoms with van der Waals surface area (Å²) in [4.78, 5) is 16.3. The molecule has 0 spiro atoms. The van der Waals surface area contributed by atoms with Crippen molar-refractivity contribution in [3.05, 3.63) is 29.3 Å². The molecule has 120 valence electrons. The number of ether oxygens (including phenoxy) is 1. The first kappa shape index (κ1) is 16.3. The first-order valence-electron chi connectivity index (χ1n) is 7.80. The molecule has 4 N–H and O–H groups in total. The van der Waals surface area contributed by atoms with E-state index >= 15 is 0 Å². The molecule has 0 unspecified atom stereocenters. The smallest absolute Gasteiger partial charge is 0.314 e. The Morgan fingerprint density at radius 3 is 2.50 bits per heavy atom. The van der Waals surface area contributed by atoms with E-state index in [1.807, 2.05) is 32.0 Å². The summed E-state index contributed by atoms with van der Waals surface area (Å²) in [6.45, 7) is 4.64. The van der Waals surface area contributed by atoms with Gasteiger partial charge >= 0.3 is 5.97 Å². The molecule has 0 aliphatic heterocycles. The summed E-state index contributed by atoms with van der Waals surface area (Å²) in [5.74, 6) is 1.13. The first-order valence-corrected chi connectivity index (χ1v) is 7.80. The maximum Gasteiger partial charge on any atom is 0.314 e. The van der Waals surface area contributed by atoms with Gasteiger partial charge in [-0.15, -0.1) is 0 Å². The molecule has 0 amide bonds. The van der Waals surface area contributed by atoms with E-state index in [9.17, 15) is 4.79 Å². The number of hydrogen-bond donors (Lipinski definition) is 2. The topological polar surface area (TPSA) is 90.7 Å². The zero-order valence-electron chi connectivity index (χ0n) is 13.3. The van der Waals surface area contributed by atoms with Crippen molar-refractivity contribution >= 4 is 11.9 Å². The van der Waals surface area contributed by atoms with E-state index in [4.69, 9.17) is 16.2 Å². The third-order valence-corrected chi connectivity index (χ3v) is 4.25. The van der Waals surface area contributed by atoms with Crippen molar-refractivity contribution in [3.63, 3.8) is 0 Å². The quantitative estimate of drug-likeness (QED) is 0.386. The van der Waals surface area contributed by atoms with E-state index in [-0.39, 0.29) is 17.8 Å². The lowest BCUT2D eigenvalue weighted by Gasteiger charge is -2.26. The molecule has 0 atom stereocenters. The fraction of sp³-hybridized carbons (Fsp3) is 0.529. The summed E-state index contributed by atoms with van der Waals surface area (Å²) in [5.41, 5.74) is 12.9. The minimum atomic E-state index is -0.118. The van der Waals surface area contributed by atoms with Crippen LogP contribution in [0.2, 0.25) is 0 Å². The third-order valence-electron chi connectivity index (χ3n) is 4.25. The van der Waals surface area contributed by atoms with Gasteiger partial charge in [0.25, 0.3) is 0 Å². The Morgan fingerprint density at radius 2 is 1.91 bits per heavy atom. The van der Waals surface area contributed by atoms with Crippen LogP contribution < -0.4 is 16.2 Å². The molecule has 1 saturated carbocycles. The minimum absolute atomic E-state index is 0.0174. The fourth-order valence-corrected chi connectivity index (χ4v) is 2.92. The Bertz CT molecular complexity index is 557. The van der Waals surface area contributed by atoms with Crippen molar-refractivity contribution < 1.29 is 9.53 Å². The van der Waals surface area contributed by atoms with E-state index in [1.165, 1.54) is 0 Å². The molecular weight excluding hydrogens is 278 g/mol. The lowest BCUT2D eigenvalue weighted by molar-refractivity contribution is -0.140. The van der Waals surface area contributed by atoms with Crippen molar-refractivity contribution in [2.75, 3.05) is 6.54 Å². The number of carbonyl (C=O) groups is 1. The highest BCUT2D eigenvalue weighted by Crippen LogP contribution is 2.30. The average Bonchev–Trinajstić information content (AvgIpc) is 2.48. The van der Waals surface area contributed by atoms with E-state index in [0.29, 0.717) is 18.2 Å². The number of nitrogens with two attached hydrogens (primary N) is 2. The molecule has 22 heavy (non-hydrogen) atoms.